The summed E-state index contributed by atoms with van der Waals surface area (Å²) in [5.41, 5.74) is 4.31. The van der Waals surface area contributed by atoms with E-state index in [4.69, 9.17) is 4.74 Å². The van der Waals surface area contributed by atoms with Crippen molar-refractivity contribution in [2.24, 2.45) is 5.41 Å². The molecule has 1 aliphatic carbocycles. The fourth-order valence-corrected chi connectivity index (χ4v) is 5.50. The Bertz CT molecular complexity index is 750. The topological polar surface area (TPSA) is 21.3 Å². The fraction of sp³-hybridized carbons (Fsp3) is 0.478. The van der Waals surface area contributed by atoms with Crippen molar-refractivity contribution in [2.45, 2.75) is 56.6 Å². The molecule has 3 aliphatic rings. The molecule has 0 bridgehead atoms. The van der Waals surface area contributed by atoms with Crippen LogP contribution in [0.4, 0.5) is 5.69 Å². The second-order valence-corrected chi connectivity index (χ2v) is 8.38. The van der Waals surface area contributed by atoms with Gasteiger partial charge in [0, 0.05) is 17.7 Å². The Kier molecular flexibility index (Phi) is 3.63. The van der Waals surface area contributed by atoms with Crippen LogP contribution in [-0.4, -0.2) is 6.61 Å². The minimum absolute atomic E-state index is 0.111. The minimum atomic E-state index is -0.111. The highest BCUT2D eigenvalue weighted by molar-refractivity contribution is 5.58. The molecule has 2 spiro atoms. The molecule has 2 aromatic rings. The Hall–Kier alpha value is -1.80. The highest BCUT2D eigenvalue weighted by Gasteiger charge is 2.53. The molecule has 1 N–H and O–H groups in total. The molecule has 2 heteroatoms. The van der Waals surface area contributed by atoms with Gasteiger partial charge in [0.05, 0.1) is 18.2 Å². The van der Waals surface area contributed by atoms with Gasteiger partial charge in [0.2, 0.25) is 0 Å². The average Bonchev–Trinajstić information content (AvgIpc) is 3.01. The molecule has 2 aliphatic heterocycles. The zero-order valence-corrected chi connectivity index (χ0v) is 14.8. The Morgan fingerprint density at radius 2 is 1.64 bits per heavy atom. The van der Waals surface area contributed by atoms with Gasteiger partial charge in [-0.2, -0.15) is 0 Å². The Labute approximate surface area is 150 Å². The number of nitrogens with one attached hydrogen (secondary N) is 1. The van der Waals surface area contributed by atoms with E-state index < -0.39 is 0 Å². The predicted molar refractivity (Wildman–Crippen MR) is 102 cm³/mol. The van der Waals surface area contributed by atoms with Crippen molar-refractivity contribution in [1.82, 2.24) is 0 Å². The van der Waals surface area contributed by atoms with Crippen LogP contribution in [0.15, 0.2) is 54.6 Å². The molecule has 25 heavy (non-hydrogen) atoms. The molecular weight excluding hydrogens is 306 g/mol. The van der Waals surface area contributed by atoms with Crippen molar-refractivity contribution in [3.63, 3.8) is 0 Å². The molecule has 2 atom stereocenters. The van der Waals surface area contributed by atoms with E-state index in [9.17, 15) is 0 Å². The molecule has 1 unspecified atom stereocenters. The van der Waals surface area contributed by atoms with E-state index in [-0.39, 0.29) is 5.60 Å². The number of ether oxygens (including phenoxy) is 1. The molecule has 0 radical (unpaired) electrons. The lowest BCUT2D eigenvalue weighted by atomic mass is 9.67. The van der Waals surface area contributed by atoms with Crippen LogP contribution < -0.4 is 5.32 Å². The van der Waals surface area contributed by atoms with Crippen LogP contribution in [0.25, 0.3) is 0 Å². The summed E-state index contributed by atoms with van der Waals surface area (Å²) in [6.07, 6.45) is 9.08. The van der Waals surface area contributed by atoms with Crippen LogP contribution in [0.5, 0.6) is 0 Å². The summed E-state index contributed by atoms with van der Waals surface area (Å²) in [4.78, 5) is 0. The summed E-state index contributed by atoms with van der Waals surface area (Å²) in [5.74, 6) is 0. The van der Waals surface area contributed by atoms with E-state index >= 15 is 0 Å². The van der Waals surface area contributed by atoms with Crippen molar-refractivity contribution < 1.29 is 4.74 Å². The highest BCUT2D eigenvalue weighted by atomic mass is 16.5. The standard InChI is InChI=1S/C23H27NO/c1-3-9-18(10-4-1)21-15-23(19-11-5-6-12-20(19)24-21)16-22(17-25-23)13-7-2-8-14-22/h1,3-6,9-12,21,24H,2,7-8,13-17H2/t21?,23-/m1/s1. The van der Waals surface area contributed by atoms with Gasteiger partial charge in [-0.15, -0.1) is 0 Å². The summed E-state index contributed by atoms with van der Waals surface area (Å²) < 4.78 is 6.71. The van der Waals surface area contributed by atoms with Crippen molar-refractivity contribution in [3.05, 3.63) is 65.7 Å². The first-order valence-corrected chi connectivity index (χ1v) is 9.84. The molecule has 5 rings (SSSR count). The van der Waals surface area contributed by atoms with Gasteiger partial charge in [-0.05, 0) is 36.3 Å². The van der Waals surface area contributed by atoms with E-state index in [0.29, 0.717) is 11.5 Å². The number of rotatable bonds is 1. The smallest absolute Gasteiger partial charge is 0.0980 e. The second kappa shape index (κ2) is 5.88. The van der Waals surface area contributed by atoms with E-state index in [2.05, 4.69) is 59.9 Å². The van der Waals surface area contributed by atoms with Crippen molar-refractivity contribution in [1.29, 1.82) is 0 Å². The Balaban J connectivity index is 1.54. The lowest BCUT2D eigenvalue weighted by Gasteiger charge is -2.42. The van der Waals surface area contributed by atoms with Gasteiger partial charge >= 0.3 is 0 Å². The minimum Gasteiger partial charge on any atom is -0.378 e. The molecule has 0 aromatic heterocycles. The number of hydrogen-bond donors (Lipinski definition) is 1. The summed E-state index contributed by atoms with van der Waals surface area (Å²) in [5, 5.41) is 3.78. The summed E-state index contributed by atoms with van der Waals surface area (Å²) >= 11 is 0. The molecule has 2 fully saturated rings. The van der Waals surface area contributed by atoms with Crippen LogP contribution in [0.1, 0.15) is 62.1 Å². The van der Waals surface area contributed by atoms with E-state index in [0.717, 1.165) is 13.0 Å². The Morgan fingerprint density at radius 1 is 0.880 bits per heavy atom. The quantitative estimate of drug-likeness (QED) is 0.711. The lowest BCUT2D eigenvalue weighted by Crippen LogP contribution is -2.36. The maximum atomic E-state index is 6.71. The number of anilines is 1. The summed E-state index contributed by atoms with van der Waals surface area (Å²) in [6, 6.07) is 20.0. The van der Waals surface area contributed by atoms with Gasteiger partial charge in [0.1, 0.15) is 0 Å². The molecule has 0 amide bonds. The van der Waals surface area contributed by atoms with Crippen molar-refractivity contribution >= 4 is 5.69 Å². The molecule has 2 heterocycles. The molecule has 1 saturated carbocycles. The largest absolute Gasteiger partial charge is 0.378 e. The number of hydrogen-bond acceptors (Lipinski definition) is 2. The fourth-order valence-electron chi connectivity index (χ4n) is 5.50. The van der Waals surface area contributed by atoms with E-state index in [1.54, 1.807) is 0 Å². The molecular formula is C23H27NO. The van der Waals surface area contributed by atoms with Crippen LogP contribution >= 0.6 is 0 Å². The van der Waals surface area contributed by atoms with Crippen LogP contribution in [-0.2, 0) is 10.3 Å². The Morgan fingerprint density at radius 3 is 2.48 bits per heavy atom. The first kappa shape index (κ1) is 15.5. The maximum Gasteiger partial charge on any atom is 0.0980 e. The van der Waals surface area contributed by atoms with Crippen LogP contribution in [0, 0.1) is 5.41 Å². The van der Waals surface area contributed by atoms with E-state index in [1.807, 2.05) is 0 Å². The molecule has 2 nitrogen and oxygen atoms in total. The highest BCUT2D eigenvalue weighted by Crippen LogP contribution is 2.58. The van der Waals surface area contributed by atoms with Gasteiger partial charge in [-0.1, -0.05) is 67.8 Å². The zero-order chi connectivity index (χ0) is 16.7. The molecule has 2 aromatic carbocycles. The predicted octanol–water partition coefficient (Wildman–Crippen LogP) is 5.81. The third-order valence-electron chi connectivity index (χ3n) is 6.71. The van der Waals surface area contributed by atoms with Crippen molar-refractivity contribution in [3.8, 4) is 0 Å². The maximum absolute atomic E-state index is 6.71. The van der Waals surface area contributed by atoms with Crippen LogP contribution in [0.3, 0.4) is 0 Å². The first-order chi connectivity index (χ1) is 12.3. The normalized spacial score (nSPS) is 30.2. The third-order valence-corrected chi connectivity index (χ3v) is 6.71. The molecule has 130 valence electrons. The van der Waals surface area contributed by atoms with Crippen LogP contribution in [0.2, 0.25) is 0 Å². The summed E-state index contributed by atoms with van der Waals surface area (Å²) in [6.45, 7) is 0.947. The van der Waals surface area contributed by atoms with Crippen molar-refractivity contribution in [2.75, 3.05) is 11.9 Å². The second-order valence-electron chi connectivity index (χ2n) is 8.38. The van der Waals surface area contributed by atoms with E-state index in [1.165, 1.54) is 55.3 Å². The SMILES string of the molecule is c1ccc(C2C[C@@]3(CC4(CCCCC4)CO3)c3ccccc3N2)cc1. The zero-order valence-electron chi connectivity index (χ0n) is 14.8. The number of fused-ring (bicyclic) bond motifs is 2. The van der Waals surface area contributed by atoms with Gasteiger partial charge in [0.25, 0.3) is 0 Å². The summed E-state index contributed by atoms with van der Waals surface area (Å²) in [7, 11) is 0. The average molecular weight is 333 g/mol. The van der Waals surface area contributed by atoms with Gasteiger partial charge < -0.3 is 10.1 Å². The number of para-hydroxylation sites is 1. The van der Waals surface area contributed by atoms with Gasteiger partial charge in [-0.25, -0.2) is 0 Å². The lowest BCUT2D eigenvalue weighted by molar-refractivity contribution is -0.0170. The third kappa shape index (κ3) is 2.58. The first-order valence-electron chi connectivity index (χ1n) is 9.84. The molecule has 1 saturated heterocycles. The monoisotopic (exact) mass is 333 g/mol. The van der Waals surface area contributed by atoms with Gasteiger partial charge in [-0.3, -0.25) is 0 Å². The number of benzene rings is 2. The van der Waals surface area contributed by atoms with Gasteiger partial charge in [0.15, 0.2) is 0 Å².